The van der Waals surface area contributed by atoms with Crippen LogP contribution in [0.4, 0.5) is 0 Å². The van der Waals surface area contributed by atoms with Crippen LogP contribution >= 0.6 is 24.0 Å². The highest BCUT2D eigenvalue weighted by molar-refractivity contribution is 7.80. The molecule has 0 unspecified atom stereocenters. The molecule has 13 heavy (non-hydrogen) atoms. The van der Waals surface area contributed by atoms with Gasteiger partial charge in [0.05, 0.1) is 10.2 Å². The third-order valence-corrected chi connectivity index (χ3v) is 3.32. The monoisotopic (exact) mass is 206 g/mol. The van der Waals surface area contributed by atoms with Gasteiger partial charge in [0.1, 0.15) is 0 Å². The zero-order valence-electron chi connectivity index (χ0n) is 6.64. The molecule has 1 aromatic carbocycles. The Labute approximate surface area is 84.2 Å². The summed E-state index contributed by atoms with van der Waals surface area (Å²) in [5.74, 6) is 0. The molecule has 0 saturated carbocycles. The van der Waals surface area contributed by atoms with Gasteiger partial charge in [0, 0.05) is 17.3 Å². The van der Waals surface area contributed by atoms with Gasteiger partial charge in [-0.3, -0.25) is 4.40 Å². The number of rotatable bonds is 0. The molecule has 0 saturated heterocycles. The van der Waals surface area contributed by atoms with Crippen LogP contribution in [0.15, 0.2) is 35.5 Å². The minimum Gasteiger partial charge on any atom is -0.290 e. The van der Waals surface area contributed by atoms with Crippen LogP contribution in [0.1, 0.15) is 0 Å². The van der Waals surface area contributed by atoms with Crippen molar-refractivity contribution in [3.05, 3.63) is 30.6 Å². The summed E-state index contributed by atoms with van der Waals surface area (Å²) in [5.41, 5.74) is 1.20. The molecule has 3 aromatic rings. The fraction of sp³-hybridized carbons (Fsp3) is 0. The predicted molar refractivity (Wildman–Crippen MR) is 57.8 cm³/mol. The molecule has 0 aliphatic heterocycles. The van der Waals surface area contributed by atoms with Gasteiger partial charge < -0.3 is 0 Å². The minimum atomic E-state index is 0.997. The van der Waals surface area contributed by atoms with Crippen LogP contribution in [-0.4, -0.2) is 9.38 Å². The quantitative estimate of drug-likeness (QED) is 0.560. The van der Waals surface area contributed by atoms with Gasteiger partial charge in [0.2, 0.25) is 0 Å². The number of hydrogen-bond donors (Lipinski definition) is 1. The third-order valence-electron chi connectivity index (χ3n) is 2.01. The summed E-state index contributed by atoms with van der Waals surface area (Å²) in [7, 11) is 0. The molecule has 4 heteroatoms. The Morgan fingerprint density at radius 3 is 3.23 bits per heavy atom. The molecule has 0 N–H and O–H groups in total. The van der Waals surface area contributed by atoms with Gasteiger partial charge in [0.15, 0.2) is 4.96 Å². The van der Waals surface area contributed by atoms with Gasteiger partial charge in [0.25, 0.3) is 0 Å². The van der Waals surface area contributed by atoms with Gasteiger partial charge in [-0.25, -0.2) is 4.98 Å². The summed E-state index contributed by atoms with van der Waals surface area (Å²) in [4.78, 5) is 6.28. The summed E-state index contributed by atoms with van der Waals surface area (Å²) in [6.07, 6.45) is 3.80. The summed E-state index contributed by atoms with van der Waals surface area (Å²) >= 11 is 5.99. The Balaban J connectivity index is 2.59. The third kappa shape index (κ3) is 0.990. The number of nitrogens with zero attached hydrogens (tertiary/aromatic N) is 2. The molecule has 0 fully saturated rings. The van der Waals surface area contributed by atoms with Gasteiger partial charge in [-0.05, 0) is 18.2 Å². The molecule has 2 heterocycles. The van der Waals surface area contributed by atoms with E-state index in [1.165, 1.54) is 10.2 Å². The van der Waals surface area contributed by atoms with Gasteiger partial charge in [-0.1, -0.05) is 11.3 Å². The van der Waals surface area contributed by atoms with Crippen molar-refractivity contribution in [3.63, 3.8) is 0 Å². The van der Waals surface area contributed by atoms with E-state index >= 15 is 0 Å². The maximum absolute atomic E-state index is 4.30. The maximum Gasteiger partial charge on any atom is 0.194 e. The number of aromatic nitrogens is 2. The normalized spacial score (nSPS) is 11.5. The molecule has 0 aliphatic carbocycles. The lowest BCUT2D eigenvalue weighted by Crippen LogP contribution is -1.75. The first-order valence-corrected chi connectivity index (χ1v) is 5.15. The number of thiazole rings is 1. The van der Waals surface area contributed by atoms with E-state index in [4.69, 9.17) is 0 Å². The van der Waals surface area contributed by atoms with Crippen molar-refractivity contribution < 1.29 is 0 Å². The second-order valence-electron chi connectivity index (χ2n) is 2.83. The van der Waals surface area contributed by atoms with Crippen molar-refractivity contribution >= 4 is 39.1 Å². The van der Waals surface area contributed by atoms with Gasteiger partial charge in [-0.15, -0.1) is 12.6 Å². The Kier molecular flexibility index (Phi) is 1.42. The lowest BCUT2D eigenvalue weighted by Gasteiger charge is -1.91. The zero-order chi connectivity index (χ0) is 8.84. The maximum atomic E-state index is 4.30. The highest BCUT2D eigenvalue weighted by Crippen LogP contribution is 2.26. The highest BCUT2D eigenvalue weighted by atomic mass is 32.1. The van der Waals surface area contributed by atoms with E-state index in [1.54, 1.807) is 11.3 Å². The molecule has 3 rings (SSSR count). The Hall–Kier alpha value is -1.00. The lowest BCUT2D eigenvalue weighted by atomic mass is 10.3. The summed E-state index contributed by atoms with van der Waals surface area (Å²) in [6.45, 7) is 0. The second kappa shape index (κ2) is 2.49. The minimum absolute atomic E-state index is 0.997. The molecule has 0 bridgehead atoms. The van der Waals surface area contributed by atoms with E-state index in [-0.39, 0.29) is 0 Å². The SMILES string of the molecule is Sc1ccc2c(c1)sc1nccn12. The largest absolute Gasteiger partial charge is 0.290 e. The molecule has 0 amide bonds. The fourth-order valence-corrected chi connectivity index (χ4v) is 2.75. The standard InChI is InChI=1S/C9H6N2S2/c12-6-1-2-7-8(5-6)13-9-10-3-4-11(7)9/h1-5,12H. The molecule has 2 aromatic heterocycles. The van der Waals surface area contributed by atoms with E-state index in [9.17, 15) is 0 Å². The average Bonchev–Trinajstić information content (AvgIpc) is 2.62. The first-order chi connectivity index (χ1) is 6.34. The number of imidazole rings is 1. The van der Waals surface area contributed by atoms with Crippen molar-refractivity contribution in [3.8, 4) is 0 Å². The highest BCUT2D eigenvalue weighted by Gasteiger charge is 2.03. The van der Waals surface area contributed by atoms with Crippen molar-refractivity contribution in [1.82, 2.24) is 9.38 Å². The van der Waals surface area contributed by atoms with Crippen LogP contribution in [0.5, 0.6) is 0 Å². The number of thiol groups is 1. The first-order valence-electron chi connectivity index (χ1n) is 3.89. The number of fused-ring (bicyclic) bond motifs is 3. The molecule has 2 nitrogen and oxygen atoms in total. The molecule has 0 atom stereocenters. The molecule has 0 radical (unpaired) electrons. The first kappa shape index (κ1) is 7.41. The molecular formula is C9H6N2S2. The Morgan fingerprint density at radius 1 is 1.38 bits per heavy atom. The van der Waals surface area contributed by atoms with E-state index in [0.717, 1.165) is 9.86 Å². The molecule has 64 valence electrons. The molecule has 0 aliphatic rings. The average molecular weight is 206 g/mol. The van der Waals surface area contributed by atoms with E-state index in [0.29, 0.717) is 0 Å². The van der Waals surface area contributed by atoms with Crippen molar-refractivity contribution in [2.45, 2.75) is 4.90 Å². The van der Waals surface area contributed by atoms with E-state index < -0.39 is 0 Å². The van der Waals surface area contributed by atoms with Crippen molar-refractivity contribution in [2.24, 2.45) is 0 Å². The van der Waals surface area contributed by atoms with Crippen LogP contribution in [0.2, 0.25) is 0 Å². The van der Waals surface area contributed by atoms with Crippen LogP contribution in [0.3, 0.4) is 0 Å². The van der Waals surface area contributed by atoms with Crippen LogP contribution in [0.25, 0.3) is 15.2 Å². The summed E-state index contributed by atoms with van der Waals surface area (Å²) < 4.78 is 3.32. The summed E-state index contributed by atoms with van der Waals surface area (Å²) in [6, 6.07) is 6.14. The zero-order valence-corrected chi connectivity index (χ0v) is 8.35. The number of hydrogen-bond acceptors (Lipinski definition) is 3. The Morgan fingerprint density at radius 2 is 2.31 bits per heavy atom. The second-order valence-corrected chi connectivity index (χ2v) is 4.36. The smallest absolute Gasteiger partial charge is 0.194 e. The number of benzene rings is 1. The van der Waals surface area contributed by atoms with Gasteiger partial charge >= 0.3 is 0 Å². The molecular weight excluding hydrogens is 200 g/mol. The van der Waals surface area contributed by atoms with Gasteiger partial charge in [-0.2, -0.15) is 0 Å². The van der Waals surface area contributed by atoms with E-state index in [1.807, 2.05) is 18.5 Å². The Bertz CT molecular complexity index is 579. The predicted octanol–water partition coefficient (Wildman–Crippen LogP) is 2.84. The lowest BCUT2D eigenvalue weighted by molar-refractivity contribution is 1.29. The van der Waals surface area contributed by atoms with Crippen molar-refractivity contribution in [1.29, 1.82) is 0 Å². The van der Waals surface area contributed by atoms with Crippen LogP contribution in [0, 0.1) is 0 Å². The van der Waals surface area contributed by atoms with Crippen molar-refractivity contribution in [2.75, 3.05) is 0 Å². The van der Waals surface area contributed by atoms with Crippen LogP contribution in [-0.2, 0) is 0 Å². The fourth-order valence-electron chi connectivity index (χ4n) is 1.43. The molecule has 0 spiro atoms. The topological polar surface area (TPSA) is 17.3 Å². The summed E-state index contributed by atoms with van der Waals surface area (Å²) in [5, 5.41) is 0. The van der Waals surface area contributed by atoms with E-state index in [2.05, 4.69) is 34.1 Å². The van der Waals surface area contributed by atoms with Crippen LogP contribution < -0.4 is 0 Å².